The third-order valence-electron chi connectivity index (χ3n) is 6.09. The average Bonchev–Trinajstić information content (AvgIpc) is 3.51. The lowest BCUT2D eigenvalue weighted by Gasteiger charge is -2.35. The summed E-state index contributed by atoms with van der Waals surface area (Å²) in [5.41, 5.74) is 1.85. The molecule has 10 heteroatoms. The standard InChI is InChI=1S/C24H24FN5O2S2/c1-14-20(30-11-12-33-24(30)27-14)22(31)26-13-16-7-5-6-10-29(16)23(32)19-21(34-15(2)28-19)17-8-3-4-9-18(17)25/h3-4,8-9,11-12,16H,5-7,10,13H2,1-2H3,(H,26,31)/t16-/m0/s1. The number of piperidine rings is 1. The maximum atomic E-state index is 14.5. The summed E-state index contributed by atoms with van der Waals surface area (Å²) in [4.78, 5) is 38.6. The molecule has 34 heavy (non-hydrogen) atoms. The molecule has 176 valence electrons. The van der Waals surface area contributed by atoms with Crippen LogP contribution in [0, 0.1) is 19.7 Å². The Kier molecular flexibility index (Phi) is 6.18. The third kappa shape index (κ3) is 4.12. The van der Waals surface area contributed by atoms with Crippen LogP contribution in [0.1, 0.15) is 50.9 Å². The van der Waals surface area contributed by atoms with Gasteiger partial charge in [0.25, 0.3) is 11.8 Å². The Morgan fingerprint density at radius 2 is 2.03 bits per heavy atom. The summed E-state index contributed by atoms with van der Waals surface area (Å²) < 4.78 is 16.3. The van der Waals surface area contributed by atoms with Crippen molar-refractivity contribution in [3.8, 4) is 10.4 Å². The fraction of sp³-hybridized carbons (Fsp3) is 0.333. The smallest absolute Gasteiger partial charge is 0.274 e. The number of imidazole rings is 1. The summed E-state index contributed by atoms with van der Waals surface area (Å²) >= 11 is 2.79. The topological polar surface area (TPSA) is 79.6 Å². The molecule has 0 bridgehead atoms. The van der Waals surface area contributed by atoms with Crippen molar-refractivity contribution in [2.75, 3.05) is 13.1 Å². The number of rotatable bonds is 5. The highest BCUT2D eigenvalue weighted by Gasteiger charge is 2.32. The predicted octanol–water partition coefficient (Wildman–Crippen LogP) is 4.70. The molecule has 2 amide bonds. The number of fused-ring (bicyclic) bond motifs is 1. The van der Waals surface area contributed by atoms with E-state index in [0.717, 1.165) is 24.2 Å². The van der Waals surface area contributed by atoms with Gasteiger partial charge in [-0.1, -0.05) is 18.2 Å². The van der Waals surface area contributed by atoms with Gasteiger partial charge in [0.05, 0.1) is 15.6 Å². The molecule has 1 aliphatic heterocycles. The van der Waals surface area contributed by atoms with Crippen molar-refractivity contribution >= 4 is 39.4 Å². The highest BCUT2D eigenvalue weighted by molar-refractivity contribution is 7.15. The lowest BCUT2D eigenvalue weighted by molar-refractivity contribution is 0.0597. The van der Waals surface area contributed by atoms with Crippen molar-refractivity contribution in [3.63, 3.8) is 0 Å². The van der Waals surface area contributed by atoms with Crippen LogP contribution in [0.4, 0.5) is 4.39 Å². The number of aromatic nitrogens is 3. The Bertz CT molecular complexity index is 1370. The number of amides is 2. The lowest BCUT2D eigenvalue weighted by atomic mass is 10.0. The van der Waals surface area contributed by atoms with E-state index >= 15 is 0 Å². The SMILES string of the molecule is Cc1nc(C(=O)N2CCCC[C@H]2CNC(=O)c2c(C)nc3sccn23)c(-c2ccccc2F)s1. The molecule has 0 spiro atoms. The van der Waals surface area contributed by atoms with Gasteiger partial charge < -0.3 is 10.2 Å². The number of nitrogens with zero attached hydrogens (tertiary/aromatic N) is 4. The number of nitrogens with one attached hydrogen (secondary N) is 1. The van der Waals surface area contributed by atoms with E-state index in [1.54, 1.807) is 27.5 Å². The predicted molar refractivity (Wildman–Crippen MR) is 131 cm³/mol. The van der Waals surface area contributed by atoms with E-state index in [1.165, 1.54) is 28.7 Å². The lowest BCUT2D eigenvalue weighted by Crippen LogP contribution is -2.49. The van der Waals surface area contributed by atoms with Crippen LogP contribution in [0.15, 0.2) is 35.8 Å². The van der Waals surface area contributed by atoms with Gasteiger partial charge in [-0.15, -0.1) is 22.7 Å². The second-order valence-electron chi connectivity index (χ2n) is 8.35. The van der Waals surface area contributed by atoms with E-state index < -0.39 is 0 Å². The number of likely N-dealkylation sites (tertiary alicyclic amines) is 1. The van der Waals surface area contributed by atoms with Gasteiger partial charge in [0.15, 0.2) is 4.96 Å². The second kappa shape index (κ2) is 9.27. The van der Waals surface area contributed by atoms with E-state index in [4.69, 9.17) is 0 Å². The monoisotopic (exact) mass is 497 g/mol. The molecule has 0 radical (unpaired) electrons. The zero-order chi connectivity index (χ0) is 23.8. The van der Waals surface area contributed by atoms with Gasteiger partial charge in [0, 0.05) is 36.3 Å². The quantitative estimate of drug-likeness (QED) is 0.434. The molecule has 0 aliphatic carbocycles. The number of thiazole rings is 2. The number of hydrogen-bond acceptors (Lipinski definition) is 6. The van der Waals surface area contributed by atoms with Gasteiger partial charge in [0.2, 0.25) is 0 Å². The van der Waals surface area contributed by atoms with Crippen LogP contribution in [0.2, 0.25) is 0 Å². The van der Waals surface area contributed by atoms with Crippen LogP contribution in [0.25, 0.3) is 15.4 Å². The van der Waals surface area contributed by atoms with E-state index in [9.17, 15) is 14.0 Å². The van der Waals surface area contributed by atoms with Crippen molar-refractivity contribution in [1.82, 2.24) is 24.6 Å². The largest absolute Gasteiger partial charge is 0.349 e. The molecule has 1 fully saturated rings. The number of benzene rings is 1. The number of carbonyl (C=O) groups is 2. The van der Waals surface area contributed by atoms with Gasteiger partial charge in [-0.05, 0) is 39.2 Å². The Morgan fingerprint density at radius 1 is 1.21 bits per heavy atom. The van der Waals surface area contributed by atoms with E-state index in [0.29, 0.717) is 39.9 Å². The van der Waals surface area contributed by atoms with E-state index in [-0.39, 0.29) is 29.4 Å². The summed E-state index contributed by atoms with van der Waals surface area (Å²) in [6.45, 7) is 4.55. The first-order valence-corrected chi connectivity index (χ1v) is 12.9. The molecule has 7 nitrogen and oxygen atoms in total. The van der Waals surface area contributed by atoms with Gasteiger partial charge in [0.1, 0.15) is 17.2 Å². The molecule has 1 aromatic carbocycles. The summed E-state index contributed by atoms with van der Waals surface area (Å²) in [5, 5.41) is 5.61. The molecule has 1 aliphatic rings. The Labute approximate surface area is 204 Å². The minimum Gasteiger partial charge on any atom is -0.349 e. The Balaban J connectivity index is 1.37. The molecule has 1 saturated heterocycles. The van der Waals surface area contributed by atoms with Crippen molar-refractivity contribution < 1.29 is 14.0 Å². The molecule has 4 heterocycles. The highest BCUT2D eigenvalue weighted by atomic mass is 32.1. The van der Waals surface area contributed by atoms with Gasteiger partial charge in [-0.2, -0.15) is 0 Å². The van der Waals surface area contributed by atoms with Gasteiger partial charge in [-0.3, -0.25) is 14.0 Å². The molecule has 0 unspecified atom stereocenters. The van der Waals surface area contributed by atoms with E-state index in [2.05, 4.69) is 15.3 Å². The Morgan fingerprint density at radius 3 is 2.85 bits per heavy atom. The number of halogens is 1. The number of carbonyl (C=O) groups excluding carboxylic acids is 2. The first kappa shape index (κ1) is 22.7. The molecular weight excluding hydrogens is 473 g/mol. The van der Waals surface area contributed by atoms with Crippen molar-refractivity contribution in [2.45, 2.75) is 39.2 Å². The first-order chi connectivity index (χ1) is 16.4. The van der Waals surface area contributed by atoms with Crippen LogP contribution in [-0.4, -0.2) is 50.2 Å². The summed E-state index contributed by atoms with van der Waals surface area (Å²) in [6, 6.07) is 6.28. The zero-order valence-corrected chi connectivity index (χ0v) is 20.5. The van der Waals surface area contributed by atoms with Crippen LogP contribution in [0.5, 0.6) is 0 Å². The summed E-state index contributed by atoms with van der Waals surface area (Å²) in [5.74, 6) is -0.807. The summed E-state index contributed by atoms with van der Waals surface area (Å²) in [6.07, 6.45) is 4.47. The minimum atomic E-state index is -0.376. The van der Waals surface area contributed by atoms with Crippen molar-refractivity contribution in [2.24, 2.45) is 0 Å². The van der Waals surface area contributed by atoms with Crippen LogP contribution in [0.3, 0.4) is 0 Å². The molecule has 4 aromatic rings. The zero-order valence-electron chi connectivity index (χ0n) is 18.9. The number of aryl methyl sites for hydroxylation is 2. The summed E-state index contributed by atoms with van der Waals surface area (Å²) in [7, 11) is 0. The van der Waals surface area contributed by atoms with Gasteiger partial charge >= 0.3 is 0 Å². The molecule has 3 aromatic heterocycles. The molecular formula is C24H24FN5O2S2. The second-order valence-corrected chi connectivity index (χ2v) is 10.4. The Hall–Kier alpha value is -3.11. The van der Waals surface area contributed by atoms with Gasteiger partial charge in [-0.25, -0.2) is 14.4 Å². The van der Waals surface area contributed by atoms with Crippen LogP contribution >= 0.6 is 22.7 Å². The third-order valence-corrected chi connectivity index (χ3v) is 7.85. The normalized spacial score (nSPS) is 16.2. The van der Waals surface area contributed by atoms with Crippen molar-refractivity contribution in [3.05, 3.63) is 63.7 Å². The molecule has 5 rings (SSSR count). The minimum absolute atomic E-state index is 0.160. The first-order valence-electron chi connectivity index (χ1n) is 11.2. The van der Waals surface area contributed by atoms with Crippen molar-refractivity contribution in [1.29, 1.82) is 0 Å². The van der Waals surface area contributed by atoms with Crippen LogP contribution < -0.4 is 5.32 Å². The number of hydrogen-bond donors (Lipinski definition) is 1. The maximum Gasteiger partial charge on any atom is 0.274 e. The van der Waals surface area contributed by atoms with E-state index in [1.807, 2.05) is 25.4 Å². The average molecular weight is 498 g/mol. The maximum absolute atomic E-state index is 14.5. The fourth-order valence-corrected chi connectivity index (χ4v) is 6.17. The fourth-order valence-electron chi connectivity index (χ4n) is 4.48. The molecule has 0 saturated carbocycles. The van der Waals surface area contributed by atoms with Crippen LogP contribution in [-0.2, 0) is 0 Å². The molecule has 1 N–H and O–H groups in total. The highest BCUT2D eigenvalue weighted by Crippen LogP contribution is 2.33. The molecule has 1 atom stereocenters.